The van der Waals surface area contributed by atoms with E-state index in [0.29, 0.717) is 9.72 Å². The smallest absolute Gasteiger partial charge is 0.175 e. The highest BCUT2D eigenvalue weighted by atomic mass is 79.9. The molecule has 2 rings (SSSR count). The Morgan fingerprint density at radius 2 is 1.80 bits per heavy atom. The monoisotopic (exact) mass is 360 g/mol. The zero-order chi connectivity index (χ0) is 15.0. The van der Waals surface area contributed by atoms with Crippen LogP contribution >= 0.6 is 15.9 Å². The number of benzene rings is 1. The van der Waals surface area contributed by atoms with Gasteiger partial charge in [0.1, 0.15) is 11.9 Å². The van der Waals surface area contributed by atoms with Crippen molar-refractivity contribution in [3.8, 4) is 5.75 Å². The van der Waals surface area contributed by atoms with Gasteiger partial charge in [-0.1, -0.05) is 29.8 Å². The van der Waals surface area contributed by atoms with Gasteiger partial charge in [0.2, 0.25) is 0 Å². The Morgan fingerprint density at radius 3 is 2.20 bits per heavy atom. The summed E-state index contributed by atoms with van der Waals surface area (Å²) < 4.78 is 28.9. The summed E-state index contributed by atoms with van der Waals surface area (Å²) >= 11 is 3.74. The average molecular weight is 361 g/mol. The van der Waals surface area contributed by atoms with Gasteiger partial charge in [0.15, 0.2) is 9.84 Å². The van der Waals surface area contributed by atoms with E-state index < -0.39 is 9.84 Å². The molecule has 1 aromatic carbocycles. The minimum absolute atomic E-state index is 0.190. The summed E-state index contributed by atoms with van der Waals surface area (Å²) in [4.78, 5) is 0.833. The van der Waals surface area contributed by atoms with E-state index in [1.807, 2.05) is 0 Å². The van der Waals surface area contributed by atoms with Crippen LogP contribution in [0.5, 0.6) is 5.75 Å². The normalized spacial score (nSPS) is 25.0. The first-order valence-corrected chi connectivity index (χ1v) is 9.75. The molecule has 2 unspecified atom stereocenters. The lowest BCUT2D eigenvalue weighted by Crippen LogP contribution is -2.56. The van der Waals surface area contributed by atoms with E-state index in [4.69, 9.17) is 4.74 Å². The highest BCUT2D eigenvalue weighted by Gasteiger charge is 2.53. The Kier molecular flexibility index (Phi) is 4.50. The van der Waals surface area contributed by atoms with Crippen LogP contribution in [0.4, 0.5) is 0 Å². The van der Waals surface area contributed by atoms with Gasteiger partial charge in [-0.2, -0.15) is 0 Å². The van der Waals surface area contributed by atoms with Gasteiger partial charge in [-0.15, -0.1) is 0 Å². The predicted molar refractivity (Wildman–Crippen MR) is 84.3 cm³/mol. The first-order chi connectivity index (χ1) is 9.33. The van der Waals surface area contributed by atoms with E-state index in [9.17, 15) is 8.42 Å². The summed E-state index contributed by atoms with van der Waals surface area (Å²) in [5.41, 5.74) is 0.190. The summed E-state index contributed by atoms with van der Waals surface area (Å²) in [6.45, 7) is 4.39. The standard InChI is InChI=1S/C15H21BrO3S/c1-4-15(5-2)13(16)10-14(15)19-11-6-8-12(9-7-11)20(3,17)18/h6-9,13-14H,4-5,10H2,1-3H3. The maximum Gasteiger partial charge on any atom is 0.175 e. The molecule has 1 fully saturated rings. The molecule has 0 bridgehead atoms. The van der Waals surface area contributed by atoms with Crippen LogP contribution in [-0.2, 0) is 9.84 Å². The number of alkyl halides is 1. The number of halogens is 1. The summed E-state index contributed by atoms with van der Waals surface area (Å²) in [5.74, 6) is 0.744. The van der Waals surface area contributed by atoms with Crippen molar-refractivity contribution >= 4 is 25.8 Å². The summed E-state index contributed by atoms with van der Waals surface area (Å²) in [6, 6.07) is 6.70. The minimum Gasteiger partial charge on any atom is -0.490 e. The molecular weight excluding hydrogens is 340 g/mol. The molecule has 3 nitrogen and oxygen atoms in total. The molecule has 1 saturated carbocycles. The second kappa shape index (κ2) is 5.68. The van der Waals surface area contributed by atoms with Gasteiger partial charge in [-0.05, 0) is 43.5 Å². The third-order valence-electron chi connectivity index (χ3n) is 4.53. The maximum atomic E-state index is 11.4. The third-order valence-corrected chi connectivity index (χ3v) is 6.95. The molecule has 0 aliphatic heterocycles. The molecule has 0 N–H and O–H groups in total. The molecule has 0 saturated heterocycles. The zero-order valence-electron chi connectivity index (χ0n) is 12.1. The van der Waals surface area contributed by atoms with Crippen molar-refractivity contribution in [3.63, 3.8) is 0 Å². The van der Waals surface area contributed by atoms with Gasteiger partial charge in [0, 0.05) is 16.5 Å². The van der Waals surface area contributed by atoms with Crippen LogP contribution in [-0.4, -0.2) is 25.6 Å². The fourth-order valence-electron chi connectivity index (χ4n) is 2.94. The van der Waals surface area contributed by atoms with E-state index in [-0.39, 0.29) is 11.5 Å². The maximum absolute atomic E-state index is 11.4. The number of hydrogen-bond donors (Lipinski definition) is 0. The highest BCUT2D eigenvalue weighted by Crippen LogP contribution is 2.52. The average Bonchev–Trinajstić information content (AvgIpc) is 2.39. The lowest BCUT2D eigenvalue weighted by atomic mass is 9.62. The lowest BCUT2D eigenvalue weighted by Gasteiger charge is -2.52. The Balaban J connectivity index is 2.12. The van der Waals surface area contributed by atoms with E-state index in [0.717, 1.165) is 25.0 Å². The van der Waals surface area contributed by atoms with Gasteiger partial charge >= 0.3 is 0 Å². The third kappa shape index (κ3) is 2.75. The molecule has 112 valence electrons. The van der Waals surface area contributed by atoms with Gasteiger partial charge in [-0.3, -0.25) is 0 Å². The highest BCUT2D eigenvalue weighted by molar-refractivity contribution is 9.09. The van der Waals surface area contributed by atoms with Crippen LogP contribution in [0.25, 0.3) is 0 Å². The molecule has 0 heterocycles. The number of rotatable bonds is 5. The fourth-order valence-corrected chi connectivity index (χ4v) is 4.85. The minimum atomic E-state index is -3.14. The molecule has 2 atom stereocenters. The molecule has 20 heavy (non-hydrogen) atoms. The SMILES string of the molecule is CCC1(CC)C(Br)CC1Oc1ccc(S(C)(=O)=O)cc1. The zero-order valence-corrected chi connectivity index (χ0v) is 14.5. The van der Waals surface area contributed by atoms with Crippen molar-refractivity contribution in [2.45, 2.75) is 48.9 Å². The quantitative estimate of drug-likeness (QED) is 0.749. The second-order valence-electron chi connectivity index (χ2n) is 5.49. The molecule has 5 heteroatoms. The fraction of sp³-hybridized carbons (Fsp3) is 0.600. The summed E-state index contributed by atoms with van der Waals surface area (Å²) in [6.07, 6.45) is 4.56. The van der Waals surface area contributed by atoms with Crippen molar-refractivity contribution < 1.29 is 13.2 Å². The Morgan fingerprint density at radius 1 is 1.25 bits per heavy atom. The van der Waals surface area contributed by atoms with Gasteiger partial charge in [-0.25, -0.2) is 8.42 Å². The van der Waals surface area contributed by atoms with Crippen LogP contribution in [0.2, 0.25) is 0 Å². The topological polar surface area (TPSA) is 43.4 Å². The molecule has 1 aliphatic rings. The van der Waals surface area contributed by atoms with Crippen molar-refractivity contribution in [3.05, 3.63) is 24.3 Å². The number of ether oxygens (including phenoxy) is 1. The largest absolute Gasteiger partial charge is 0.490 e. The Labute approximate surface area is 129 Å². The molecule has 0 spiro atoms. The Bertz CT molecular complexity index is 561. The molecule has 0 radical (unpaired) electrons. The summed E-state index contributed by atoms with van der Waals surface area (Å²) in [7, 11) is -3.14. The Hall–Kier alpha value is -0.550. The van der Waals surface area contributed by atoms with Crippen molar-refractivity contribution in [2.75, 3.05) is 6.26 Å². The molecule has 1 aromatic rings. The van der Waals surface area contributed by atoms with Crippen LogP contribution in [0.3, 0.4) is 0 Å². The van der Waals surface area contributed by atoms with Crippen LogP contribution in [0, 0.1) is 5.41 Å². The molecule has 0 aromatic heterocycles. The number of hydrogen-bond acceptors (Lipinski definition) is 3. The predicted octanol–water partition coefficient (Wildman–Crippen LogP) is 3.81. The van der Waals surface area contributed by atoms with Gasteiger partial charge in [0.25, 0.3) is 0 Å². The van der Waals surface area contributed by atoms with Crippen LogP contribution < -0.4 is 4.74 Å². The van der Waals surface area contributed by atoms with E-state index in [1.54, 1.807) is 24.3 Å². The molecular formula is C15H21BrO3S. The van der Waals surface area contributed by atoms with Crippen molar-refractivity contribution in [2.24, 2.45) is 5.41 Å². The number of sulfone groups is 1. The second-order valence-corrected chi connectivity index (χ2v) is 8.61. The van der Waals surface area contributed by atoms with Gasteiger partial charge < -0.3 is 4.74 Å². The van der Waals surface area contributed by atoms with Crippen molar-refractivity contribution in [1.29, 1.82) is 0 Å². The van der Waals surface area contributed by atoms with E-state index in [2.05, 4.69) is 29.8 Å². The van der Waals surface area contributed by atoms with Crippen molar-refractivity contribution in [1.82, 2.24) is 0 Å². The first kappa shape index (κ1) is 15.8. The first-order valence-electron chi connectivity index (χ1n) is 6.94. The van der Waals surface area contributed by atoms with Gasteiger partial charge in [0.05, 0.1) is 4.90 Å². The summed E-state index contributed by atoms with van der Waals surface area (Å²) in [5, 5.41) is 0. The molecule has 1 aliphatic carbocycles. The van der Waals surface area contributed by atoms with Crippen LogP contribution in [0.15, 0.2) is 29.2 Å². The van der Waals surface area contributed by atoms with E-state index >= 15 is 0 Å². The van der Waals surface area contributed by atoms with E-state index in [1.165, 1.54) is 6.26 Å². The van der Waals surface area contributed by atoms with Crippen LogP contribution in [0.1, 0.15) is 33.1 Å². The molecule has 0 amide bonds. The lowest BCUT2D eigenvalue weighted by molar-refractivity contribution is -0.0411.